The summed E-state index contributed by atoms with van der Waals surface area (Å²) in [5.41, 5.74) is 2.41. The fourth-order valence-corrected chi connectivity index (χ4v) is 3.19. The Morgan fingerprint density at radius 3 is 2.90 bits per heavy atom. The van der Waals surface area contributed by atoms with Crippen LogP contribution >= 0.6 is 15.9 Å². The third kappa shape index (κ3) is 3.89. The van der Waals surface area contributed by atoms with E-state index >= 15 is 0 Å². The third-order valence-electron chi connectivity index (χ3n) is 3.94. The number of halogens is 1. The lowest BCUT2D eigenvalue weighted by atomic mass is 10.1. The molecule has 1 aliphatic heterocycles. The number of rotatable bonds is 4. The van der Waals surface area contributed by atoms with Crippen molar-refractivity contribution in [1.29, 1.82) is 0 Å². The number of benzene rings is 1. The van der Waals surface area contributed by atoms with Crippen LogP contribution in [0, 0.1) is 0 Å². The van der Waals surface area contributed by atoms with Crippen LogP contribution in [0.1, 0.15) is 24.9 Å². The van der Waals surface area contributed by atoms with Gasteiger partial charge in [0.25, 0.3) is 0 Å². The van der Waals surface area contributed by atoms with Gasteiger partial charge in [-0.15, -0.1) is 0 Å². The summed E-state index contributed by atoms with van der Waals surface area (Å²) >= 11 is 3.66. The van der Waals surface area contributed by atoms with Crippen LogP contribution in [0.15, 0.2) is 22.7 Å². The van der Waals surface area contributed by atoms with Crippen molar-refractivity contribution in [2.24, 2.45) is 0 Å². The minimum absolute atomic E-state index is 0.139. The highest BCUT2D eigenvalue weighted by Crippen LogP contribution is 2.31. The molecule has 1 aromatic carbocycles. The predicted molar refractivity (Wildman–Crippen MR) is 87.8 cm³/mol. The van der Waals surface area contributed by atoms with Crippen LogP contribution in [0.25, 0.3) is 0 Å². The monoisotopic (exact) mass is 355 g/mol. The lowest BCUT2D eigenvalue weighted by Crippen LogP contribution is -2.37. The van der Waals surface area contributed by atoms with Gasteiger partial charge in [0.05, 0.1) is 18.8 Å². The number of nitrogens with one attached hydrogen (secondary N) is 2. The molecule has 1 saturated heterocycles. The summed E-state index contributed by atoms with van der Waals surface area (Å²) in [5, 5.41) is 6.10. The van der Waals surface area contributed by atoms with Gasteiger partial charge in [0.1, 0.15) is 0 Å². The van der Waals surface area contributed by atoms with Gasteiger partial charge in [0.15, 0.2) is 0 Å². The number of nitrogens with zero attached hydrogens (tertiary/aromatic N) is 1. The molecule has 2 rings (SSSR count). The predicted octanol–water partition coefficient (Wildman–Crippen LogP) is 2.66. The molecule has 2 atom stereocenters. The highest BCUT2D eigenvalue weighted by molar-refractivity contribution is 9.10. The topological polar surface area (TPSA) is 53.6 Å². The molecule has 1 fully saturated rings. The van der Waals surface area contributed by atoms with Gasteiger partial charge in [0, 0.05) is 23.6 Å². The summed E-state index contributed by atoms with van der Waals surface area (Å²) in [4.78, 5) is 13.5. The van der Waals surface area contributed by atoms with Crippen molar-refractivity contribution in [2.45, 2.75) is 25.4 Å². The van der Waals surface area contributed by atoms with Crippen LogP contribution in [-0.4, -0.2) is 39.4 Å². The molecular weight excluding hydrogens is 334 g/mol. The van der Waals surface area contributed by atoms with Crippen LogP contribution in [-0.2, 0) is 4.74 Å². The van der Waals surface area contributed by atoms with E-state index in [-0.39, 0.29) is 12.1 Å². The summed E-state index contributed by atoms with van der Waals surface area (Å²) < 4.78 is 5.73. The van der Waals surface area contributed by atoms with E-state index in [0.717, 1.165) is 29.7 Å². The minimum atomic E-state index is -0.362. The number of hydrogen-bond donors (Lipinski definition) is 2. The molecule has 0 radical (unpaired) electrons. The number of amides is 1. The Labute approximate surface area is 134 Å². The van der Waals surface area contributed by atoms with E-state index < -0.39 is 0 Å². The van der Waals surface area contributed by atoms with Gasteiger partial charge in [-0.3, -0.25) is 0 Å². The molecule has 1 aliphatic rings. The summed E-state index contributed by atoms with van der Waals surface area (Å²) in [5.74, 6) is 0. The van der Waals surface area contributed by atoms with E-state index in [0.29, 0.717) is 6.04 Å². The first-order valence-electron chi connectivity index (χ1n) is 7.11. The standard InChI is InChI=1S/C15H22BrN3O2/c1-10(17-2)11-4-5-14(13(16)8-11)19-7-6-12(9-19)18-15(20)21-3/h4-5,8,10,12,17H,6-7,9H2,1-3H3,(H,18,20). The number of anilines is 1. The number of methoxy groups -OCH3 is 1. The summed E-state index contributed by atoms with van der Waals surface area (Å²) in [6.45, 7) is 3.86. The molecule has 2 unspecified atom stereocenters. The summed E-state index contributed by atoms with van der Waals surface area (Å²) in [6.07, 6.45) is 0.565. The normalized spacial score (nSPS) is 19.4. The second-order valence-corrected chi connectivity index (χ2v) is 6.14. The first-order chi connectivity index (χ1) is 10.0. The molecule has 0 bridgehead atoms. The lowest BCUT2D eigenvalue weighted by molar-refractivity contribution is 0.167. The van der Waals surface area contributed by atoms with Crippen molar-refractivity contribution >= 4 is 27.7 Å². The maximum Gasteiger partial charge on any atom is 0.407 e. The Kier molecular flexibility index (Phi) is 5.47. The van der Waals surface area contributed by atoms with Crippen molar-refractivity contribution in [1.82, 2.24) is 10.6 Å². The van der Waals surface area contributed by atoms with E-state index in [1.54, 1.807) is 0 Å². The van der Waals surface area contributed by atoms with Crippen molar-refractivity contribution in [3.8, 4) is 0 Å². The second-order valence-electron chi connectivity index (χ2n) is 5.29. The number of carbonyl (C=O) groups is 1. The zero-order chi connectivity index (χ0) is 15.4. The van der Waals surface area contributed by atoms with E-state index in [9.17, 15) is 4.79 Å². The molecule has 116 valence electrons. The molecule has 2 N–H and O–H groups in total. The van der Waals surface area contributed by atoms with Gasteiger partial charge in [-0.1, -0.05) is 6.07 Å². The quantitative estimate of drug-likeness (QED) is 0.871. The molecule has 1 aromatic rings. The van der Waals surface area contributed by atoms with Crippen molar-refractivity contribution in [2.75, 3.05) is 32.1 Å². The minimum Gasteiger partial charge on any atom is -0.453 e. The Balaban J connectivity index is 2.04. The van der Waals surface area contributed by atoms with Gasteiger partial charge in [-0.05, 0) is 54.0 Å². The van der Waals surface area contributed by atoms with E-state index in [4.69, 9.17) is 0 Å². The Hall–Kier alpha value is -1.27. The first kappa shape index (κ1) is 16.1. The first-order valence-corrected chi connectivity index (χ1v) is 7.90. The van der Waals surface area contributed by atoms with Gasteiger partial charge >= 0.3 is 6.09 Å². The molecule has 21 heavy (non-hydrogen) atoms. The van der Waals surface area contributed by atoms with Crippen molar-refractivity contribution < 1.29 is 9.53 Å². The van der Waals surface area contributed by atoms with Gasteiger partial charge in [-0.25, -0.2) is 4.79 Å². The molecule has 1 heterocycles. The molecule has 0 saturated carbocycles. The number of hydrogen-bond acceptors (Lipinski definition) is 4. The number of alkyl carbamates (subject to hydrolysis) is 1. The Morgan fingerprint density at radius 1 is 1.52 bits per heavy atom. The van der Waals surface area contributed by atoms with Gasteiger partial charge < -0.3 is 20.3 Å². The largest absolute Gasteiger partial charge is 0.453 e. The lowest BCUT2D eigenvalue weighted by Gasteiger charge is -2.22. The molecule has 1 amide bonds. The van der Waals surface area contributed by atoms with Crippen LogP contribution in [0.4, 0.5) is 10.5 Å². The smallest absolute Gasteiger partial charge is 0.407 e. The molecule has 6 heteroatoms. The van der Waals surface area contributed by atoms with Gasteiger partial charge in [0.2, 0.25) is 0 Å². The Morgan fingerprint density at radius 2 is 2.29 bits per heavy atom. The van der Waals surface area contributed by atoms with Crippen LogP contribution in [0.2, 0.25) is 0 Å². The molecule has 0 aliphatic carbocycles. The average molecular weight is 356 g/mol. The molecule has 5 nitrogen and oxygen atoms in total. The summed E-state index contributed by atoms with van der Waals surface area (Å²) in [6, 6.07) is 6.89. The average Bonchev–Trinajstić information content (AvgIpc) is 2.94. The zero-order valence-electron chi connectivity index (χ0n) is 12.6. The van der Waals surface area contributed by atoms with Crippen molar-refractivity contribution in [3.05, 3.63) is 28.2 Å². The Bertz CT molecular complexity index is 510. The van der Waals surface area contributed by atoms with Crippen molar-refractivity contribution in [3.63, 3.8) is 0 Å². The third-order valence-corrected chi connectivity index (χ3v) is 4.58. The van der Waals surface area contributed by atoms with Crippen LogP contribution in [0.5, 0.6) is 0 Å². The number of ether oxygens (including phenoxy) is 1. The van der Waals surface area contributed by atoms with Crippen LogP contribution < -0.4 is 15.5 Å². The van der Waals surface area contributed by atoms with E-state index in [1.165, 1.54) is 12.7 Å². The molecular formula is C15H22BrN3O2. The fourth-order valence-electron chi connectivity index (χ4n) is 2.54. The highest BCUT2D eigenvalue weighted by atomic mass is 79.9. The maximum atomic E-state index is 11.3. The fraction of sp³-hybridized carbons (Fsp3) is 0.533. The van der Waals surface area contributed by atoms with E-state index in [1.807, 2.05) is 7.05 Å². The summed E-state index contributed by atoms with van der Waals surface area (Å²) in [7, 11) is 3.34. The van der Waals surface area contributed by atoms with Gasteiger partial charge in [-0.2, -0.15) is 0 Å². The second kappa shape index (κ2) is 7.13. The van der Waals surface area contributed by atoms with E-state index in [2.05, 4.69) is 61.3 Å². The highest BCUT2D eigenvalue weighted by Gasteiger charge is 2.25. The van der Waals surface area contributed by atoms with Crippen LogP contribution in [0.3, 0.4) is 0 Å². The SMILES string of the molecule is CNC(C)c1ccc(N2CCC(NC(=O)OC)C2)c(Br)c1. The molecule has 0 spiro atoms. The zero-order valence-corrected chi connectivity index (χ0v) is 14.2. The number of carbonyl (C=O) groups excluding carboxylic acids is 1. The molecule has 0 aromatic heterocycles. The maximum absolute atomic E-state index is 11.3.